The third-order valence-electron chi connectivity index (χ3n) is 8.67. The number of quaternary nitrogens is 1. The summed E-state index contributed by atoms with van der Waals surface area (Å²) >= 11 is 0. The average Bonchev–Trinajstić information content (AvgIpc) is 3.82. The van der Waals surface area contributed by atoms with Gasteiger partial charge in [0, 0.05) is 19.0 Å². The standard InChI is InChI=1S/C38H56N10O7.ClH/c1-21(2)12-25(16-39)45-34(50)30-32(43-19-41-30)36(52)47-27(14-23(5)6)29(49)18-40-17-26(13-22(3)4)46-35(51)31-33(44-20-42-31)37(53)48-28(38(54)55)15-24-10-8-7-9-11-24;/h7-11,19-23,25-28,40H,12-18,39H2,1-6H3,(H,41,43)(H,42,44)(H,45,50)(H,46,51)(H,47,52)(H,48,53)(H,54,55);1H/p+1/t25-,26-,27-,28-;/m0./s1. The zero-order valence-electron chi connectivity index (χ0n) is 32.9. The lowest BCUT2D eigenvalue weighted by Crippen LogP contribution is -2.60. The normalized spacial score (nSPS) is 13.3. The van der Waals surface area contributed by atoms with Crippen molar-refractivity contribution in [2.24, 2.45) is 17.8 Å². The first kappa shape index (κ1) is 47.0. The Balaban J connectivity index is 0.0000108. The molecule has 4 atom stereocenters. The molecule has 11 N–H and O–H groups in total. The van der Waals surface area contributed by atoms with E-state index in [0.29, 0.717) is 37.3 Å². The molecule has 17 nitrogen and oxygen atoms in total. The number of nitrogens with one attached hydrogen (secondary N) is 7. The van der Waals surface area contributed by atoms with Crippen LogP contribution in [0.15, 0.2) is 43.0 Å². The monoisotopic (exact) mass is 801 g/mol. The van der Waals surface area contributed by atoms with E-state index in [2.05, 4.69) is 52.3 Å². The van der Waals surface area contributed by atoms with Gasteiger partial charge in [0.15, 0.2) is 17.2 Å². The summed E-state index contributed by atoms with van der Waals surface area (Å²) in [6.45, 7) is 12.4. The minimum Gasteiger partial charge on any atom is -0.480 e. The van der Waals surface area contributed by atoms with E-state index in [1.807, 2.05) is 41.5 Å². The second-order valence-electron chi connectivity index (χ2n) is 14.9. The zero-order valence-corrected chi connectivity index (χ0v) is 33.8. The van der Waals surface area contributed by atoms with Gasteiger partial charge in [-0.1, -0.05) is 71.9 Å². The van der Waals surface area contributed by atoms with Crippen molar-refractivity contribution in [3.05, 3.63) is 71.3 Å². The highest BCUT2D eigenvalue weighted by Crippen LogP contribution is 2.12. The summed E-state index contributed by atoms with van der Waals surface area (Å²) in [7, 11) is 0. The number of aromatic amines is 2. The minimum absolute atomic E-state index is 0. The highest BCUT2D eigenvalue weighted by atomic mass is 35.5. The van der Waals surface area contributed by atoms with Crippen LogP contribution in [-0.4, -0.2) is 104 Å². The number of imidazole rings is 2. The quantitative estimate of drug-likeness (QED) is 0.0667. The van der Waals surface area contributed by atoms with Crippen LogP contribution < -0.4 is 32.3 Å². The molecule has 0 aliphatic carbocycles. The number of halogens is 1. The molecule has 18 heteroatoms. The van der Waals surface area contributed by atoms with Crippen LogP contribution in [-0.2, 0) is 16.0 Å². The molecule has 0 unspecified atom stereocenters. The number of hydrogen-bond acceptors (Lipinski definition) is 9. The number of carboxylic acids is 1. The van der Waals surface area contributed by atoms with Gasteiger partial charge in [0.2, 0.25) is 0 Å². The predicted octanol–water partition coefficient (Wildman–Crippen LogP) is 1.51. The number of carbonyl (C=O) groups is 6. The second kappa shape index (κ2) is 23.1. The van der Waals surface area contributed by atoms with Crippen LogP contribution in [0.4, 0.5) is 0 Å². The van der Waals surface area contributed by atoms with Crippen LogP contribution in [0.1, 0.15) is 108 Å². The van der Waals surface area contributed by atoms with E-state index in [0.717, 1.165) is 0 Å². The summed E-state index contributed by atoms with van der Waals surface area (Å²) in [4.78, 5) is 91.9. The number of benzene rings is 1. The Morgan fingerprint density at radius 2 is 1.16 bits per heavy atom. The maximum Gasteiger partial charge on any atom is 0.326 e. The summed E-state index contributed by atoms with van der Waals surface area (Å²) < 4.78 is 0. The van der Waals surface area contributed by atoms with Crippen LogP contribution in [0.2, 0.25) is 0 Å². The number of carboxylic acid groups (broad SMARTS) is 1. The van der Waals surface area contributed by atoms with Gasteiger partial charge in [-0.15, -0.1) is 12.4 Å². The molecule has 4 amide bonds. The third-order valence-corrected chi connectivity index (χ3v) is 8.67. The highest BCUT2D eigenvalue weighted by molar-refractivity contribution is 6.06. The van der Waals surface area contributed by atoms with E-state index in [4.69, 9.17) is 0 Å². The van der Waals surface area contributed by atoms with Crippen molar-refractivity contribution in [3.63, 3.8) is 0 Å². The van der Waals surface area contributed by atoms with E-state index in [9.17, 15) is 33.9 Å². The number of carbonyl (C=O) groups excluding carboxylic acids is 5. The van der Waals surface area contributed by atoms with E-state index >= 15 is 0 Å². The molecule has 2 aromatic heterocycles. The van der Waals surface area contributed by atoms with E-state index < -0.39 is 47.7 Å². The molecule has 3 aromatic rings. The molecule has 0 saturated heterocycles. The number of nitrogens with zero attached hydrogens (tertiary/aromatic N) is 2. The van der Waals surface area contributed by atoms with Crippen LogP contribution >= 0.6 is 12.4 Å². The molecule has 2 heterocycles. The lowest BCUT2D eigenvalue weighted by atomic mass is 9.99. The van der Waals surface area contributed by atoms with Crippen LogP contribution in [0.3, 0.4) is 0 Å². The van der Waals surface area contributed by atoms with Crippen LogP contribution in [0, 0.1) is 17.8 Å². The highest BCUT2D eigenvalue weighted by Gasteiger charge is 2.29. The van der Waals surface area contributed by atoms with Gasteiger partial charge in [-0.05, 0) is 42.6 Å². The van der Waals surface area contributed by atoms with Crippen molar-refractivity contribution in [2.45, 2.75) is 91.4 Å². The number of ketones is 1. The van der Waals surface area contributed by atoms with Gasteiger partial charge in [0.05, 0.1) is 37.8 Å². The number of H-pyrrole nitrogens is 2. The maximum absolute atomic E-state index is 13.5. The van der Waals surface area contributed by atoms with Crippen molar-refractivity contribution in [1.82, 2.24) is 46.5 Å². The summed E-state index contributed by atoms with van der Waals surface area (Å²) in [5.74, 6) is -3.63. The SMILES string of the molecule is CC(C)C[C@@H](CNCC(=O)[C@H](CC(C)C)NC(=O)c1[nH]cnc1C(=O)N[C@H](C[NH3+])CC(C)C)NC(=O)c1nc[nH]c1C(=O)N[C@@H](Cc1ccccc1)C(=O)O.Cl. The van der Waals surface area contributed by atoms with Crippen LogP contribution in [0.5, 0.6) is 0 Å². The number of Topliss-reactive ketones (excluding diaryl/α,β-unsaturated/α-hetero) is 1. The van der Waals surface area contributed by atoms with Gasteiger partial charge in [0.25, 0.3) is 23.6 Å². The molecule has 0 aliphatic rings. The summed E-state index contributed by atoms with van der Waals surface area (Å²) in [5, 5.41) is 23.8. The number of hydrogen-bond donors (Lipinski definition) is 9. The predicted molar refractivity (Wildman–Crippen MR) is 211 cm³/mol. The van der Waals surface area contributed by atoms with Gasteiger partial charge in [-0.3, -0.25) is 24.0 Å². The number of rotatable bonds is 23. The van der Waals surface area contributed by atoms with Gasteiger partial charge < -0.3 is 47.4 Å². The topological polar surface area (TPSA) is 268 Å². The Labute approximate surface area is 333 Å². The molecule has 0 aliphatic heterocycles. The Kier molecular flexibility index (Phi) is 19.4. The van der Waals surface area contributed by atoms with Gasteiger partial charge >= 0.3 is 5.97 Å². The van der Waals surface area contributed by atoms with Gasteiger partial charge in [0.1, 0.15) is 17.4 Å². The van der Waals surface area contributed by atoms with Crippen molar-refractivity contribution in [3.8, 4) is 0 Å². The molecular formula is C38H58ClN10O7+. The fourth-order valence-electron chi connectivity index (χ4n) is 6.11. The minimum atomic E-state index is -1.25. The van der Waals surface area contributed by atoms with Crippen molar-refractivity contribution in [2.75, 3.05) is 19.6 Å². The first-order valence-electron chi connectivity index (χ1n) is 18.7. The number of amides is 4. The van der Waals surface area contributed by atoms with E-state index in [1.54, 1.807) is 30.3 Å². The summed E-state index contributed by atoms with van der Waals surface area (Å²) in [6.07, 6.45) is 4.04. The van der Waals surface area contributed by atoms with E-state index in [1.165, 1.54) is 12.7 Å². The van der Waals surface area contributed by atoms with Crippen molar-refractivity contribution < 1.29 is 39.6 Å². The van der Waals surface area contributed by atoms with Crippen LogP contribution in [0.25, 0.3) is 0 Å². The first-order valence-corrected chi connectivity index (χ1v) is 18.7. The summed E-state index contributed by atoms with van der Waals surface area (Å²) in [5.41, 5.74) is 4.09. The summed E-state index contributed by atoms with van der Waals surface area (Å²) in [6, 6.07) is 6.03. The molecule has 0 saturated carbocycles. The molecule has 3 rings (SSSR count). The number of aliphatic carboxylic acids is 1. The zero-order chi connectivity index (χ0) is 40.7. The van der Waals surface area contributed by atoms with Crippen molar-refractivity contribution >= 4 is 47.8 Å². The fraction of sp³-hybridized carbons (Fsp3) is 0.526. The molecule has 0 radical (unpaired) electrons. The number of aromatic nitrogens is 4. The Morgan fingerprint density at radius 1 is 0.679 bits per heavy atom. The third kappa shape index (κ3) is 14.8. The molecule has 0 spiro atoms. The lowest BCUT2D eigenvalue weighted by Gasteiger charge is -2.23. The Hall–Kier alpha value is -5.13. The molecule has 56 heavy (non-hydrogen) atoms. The van der Waals surface area contributed by atoms with Gasteiger partial charge in [-0.2, -0.15) is 0 Å². The molecular weight excluding hydrogens is 744 g/mol. The van der Waals surface area contributed by atoms with Crippen molar-refractivity contribution in [1.29, 1.82) is 0 Å². The largest absolute Gasteiger partial charge is 0.480 e. The molecule has 0 fully saturated rings. The second-order valence-corrected chi connectivity index (χ2v) is 14.9. The van der Waals surface area contributed by atoms with E-state index in [-0.39, 0.29) is 78.4 Å². The maximum atomic E-state index is 13.5. The molecule has 308 valence electrons. The average molecular weight is 802 g/mol. The first-order chi connectivity index (χ1) is 26.1. The Bertz CT molecular complexity index is 1740. The Morgan fingerprint density at radius 3 is 1.64 bits per heavy atom. The fourth-order valence-corrected chi connectivity index (χ4v) is 6.11. The lowest BCUT2D eigenvalue weighted by molar-refractivity contribution is -0.373. The smallest absolute Gasteiger partial charge is 0.326 e. The molecule has 0 bridgehead atoms. The molecule has 1 aromatic carbocycles. The van der Waals surface area contributed by atoms with Gasteiger partial charge in [-0.25, -0.2) is 14.8 Å².